The Morgan fingerprint density at radius 1 is 1.38 bits per heavy atom. The number of carbonyl (C=O) groups excluding carboxylic acids is 2. The van der Waals surface area contributed by atoms with E-state index in [4.69, 9.17) is 16.3 Å². The molecule has 106 valence electrons. The summed E-state index contributed by atoms with van der Waals surface area (Å²) in [6.45, 7) is 1.83. The van der Waals surface area contributed by atoms with E-state index >= 15 is 0 Å². The summed E-state index contributed by atoms with van der Waals surface area (Å²) < 4.78 is 5.40. The minimum atomic E-state index is -0.724. The second kappa shape index (κ2) is 5.14. The Balaban J connectivity index is 2.00. The van der Waals surface area contributed by atoms with Crippen molar-refractivity contribution in [3.8, 4) is 5.75 Å². The van der Waals surface area contributed by atoms with Gasteiger partial charge in [0.15, 0.2) is 6.29 Å². The number of ketones is 1. The molecule has 0 bridgehead atoms. The monoisotopic (exact) mass is 303 g/mol. The van der Waals surface area contributed by atoms with Gasteiger partial charge in [0, 0.05) is 11.6 Å². The van der Waals surface area contributed by atoms with E-state index in [1.807, 2.05) is 6.92 Å². The summed E-state index contributed by atoms with van der Waals surface area (Å²) in [5.74, 6) is 0.180. The van der Waals surface area contributed by atoms with Gasteiger partial charge >= 0.3 is 0 Å². The van der Waals surface area contributed by atoms with Gasteiger partial charge in [-0.3, -0.25) is 9.59 Å². The molecule has 2 aromatic rings. The molecular weight excluding hydrogens is 294 g/mol. The summed E-state index contributed by atoms with van der Waals surface area (Å²) in [6.07, 6.45) is 1.17. The molecule has 1 aromatic heterocycles. The lowest BCUT2D eigenvalue weighted by Crippen LogP contribution is -2.21. The Hall–Kier alpha value is -2.47. The molecule has 21 heavy (non-hydrogen) atoms. The van der Waals surface area contributed by atoms with Crippen molar-refractivity contribution in [3.05, 3.63) is 46.5 Å². The van der Waals surface area contributed by atoms with Gasteiger partial charge < -0.3 is 10.1 Å². The molecule has 1 N–H and O–H groups in total. The number of hydrogen-bond donors (Lipinski definition) is 1. The first-order valence-electron chi connectivity index (χ1n) is 6.14. The van der Waals surface area contributed by atoms with Crippen LogP contribution < -0.4 is 10.1 Å². The molecule has 2 heterocycles. The van der Waals surface area contributed by atoms with Gasteiger partial charge in [-0.1, -0.05) is 11.6 Å². The number of halogens is 1. The van der Waals surface area contributed by atoms with E-state index in [1.54, 1.807) is 12.1 Å². The number of rotatable bonds is 3. The number of hydrogen-bond acceptors (Lipinski definition) is 6. The second-order valence-electron chi connectivity index (χ2n) is 4.54. The minimum Gasteiger partial charge on any atom is -0.461 e. The van der Waals surface area contributed by atoms with Crippen molar-refractivity contribution in [1.29, 1.82) is 0 Å². The standard InChI is InChI=1S/C14H10ClN3O3/c1-7-2-8(3-10-13(7)18-12(5-19)21-10)14(20)9-4-11(15)17-6-16-9/h2-6,12,18H,1H3. The average Bonchev–Trinajstić information content (AvgIpc) is 2.90. The van der Waals surface area contributed by atoms with Crippen molar-refractivity contribution in [2.75, 3.05) is 5.32 Å². The van der Waals surface area contributed by atoms with Crippen LogP contribution in [0.15, 0.2) is 24.5 Å². The number of fused-ring (bicyclic) bond motifs is 1. The highest BCUT2D eigenvalue weighted by molar-refractivity contribution is 6.29. The van der Waals surface area contributed by atoms with Crippen LogP contribution in [0.5, 0.6) is 5.75 Å². The van der Waals surface area contributed by atoms with E-state index in [1.165, 1.54) is 12.4 Å². The molecule has 0 saturated heterocycles. The van der Waals surface area contributed by atoms with Crippen LogP contribution in [0.3, 0.4) is 0 Å². The fourth-order valence-corrected chi connectivity index (χ4v) is 2.29. The topological polar surface area (TPSA) is 81.2 Å². The first-order chi connectivity index (χ1) is 10.1. The molecule has 1 unspecified atom stereocenters. The normalized spacial score (nSPS) is 15.8. The lowest BCUT2D eigenvalue weighted by molar-refractivity contribution is -0.112. The maximum absolute atomic E-state index is 12.4. The van der Waals surface area contributed by atoms with Gasteiger partial charge in [0.05, 0.1) is 5.69 Å². The van der Waals surface area contributed by atoms with Crippen molar-refractivity contribution in [3.63, 3.8) is 0 Å². The van der Waals surface area contributed by atoms with Crippen molar-refractivity contribution in [2.24, 2.45) is 0 Å². The molecule has 1 aliphatic heterocycles. The van der Waals surface area contributed by atoms with Crippen LogP contribution in [-0.2, 0) is 4.79 Å². The van der Waals surface area contributed by atoms with E-state index in [0.29, 0.717) is 23.3 Å². The fourth-order valence-electron chi connectivity index (χ4n) is 2.14. The van der Waals surface area contributed by atoms with Gasteiger partial charge in [0.2, 0.25) is 12.0 Å². The van der Waals surface area contributed by atoms with Crippen LogP contribution >= 0.6 is 11.6 Å². The van der Waals surface area contributed by atoms with Crippen molar-refractivity contribution in [1.82, 2.24) is 9.97 Å². The Bertz CT molecular complexity index is 748. The SMILES string of the molecule is Cc1cc(C(=O)c2cc(Cl)ncn2)cc2c1NC(C=O)O2. The molecule has 6 nitrogen and oxygen atoms in total. The Morgan fingerprint density at radius 3 is 2.90 bits per heavy atom. The molecule has 0 aliphatic carbocycles. The highest BCUT2D eigenvalue weighted by atomic mass is 35.5. The summed E-state index contributed by atoms with van der Waals surface area (Å²) in [7, 11) is 0. The van der Waals surface area contributed by atoms with E-state index in [2.05, 4.69) is 15.3 Å². The maximum Gasteiger partial charge on any atom is 0.226 e. The number of anilines is 1. The summed E-state index contributed by atoms with van der Waals surface area (Å²) >= 11 is 5.76. The van der Waals surface area contributed by atoms with Gasteiger partial charge in [0.1, 0.15) is 22.9 Å². The van der Waals surface area contributed by atoms with Crippen molar-refractivity contribution < 1.29 is 14.3 Å². The first-order valence-corrected chi connectivity index (χ1v) is 6.51. The lowest BCUT2D eigenvalue weighted by atomic mass is 10.0. The summed E-state index contributed by atoms with van der Waals surface area (Å²) in [5, 5.41) is 3.12. The molecule has 0 amide bonds. The summed E-state index contributed by atoms with van der Waals surface area (Å²) in [4.78, 5) is 30.8. The zero-order valence-corrected chi connectivity index (χ0v) is 11.7. The number of nitrogens with one attached hydrogen (secondary N) is 1. The van der Waals surface area contributed by atoms with Gasteiger partial charge in [-0.05, 0) is 24.6 Å². The second-order valence-corrected chi connectivity index (χ2v) is 4.93. The van der Waals surface area contributed by atoms with Crippen LogP contribution in [0.25, 0.3) is 0 Å². The van der Waals surface area contributed by atoms with Crippen molar-refractivity contribution >= 4 is 29.4 Å². The molecule has 0 saturated carbocycles. The van der Waals surface area contributed by atoms with E-state index in [9.17, 15) is 9.59 Å². The quantitative estimate of drug-likeness (QED) is 0.530. The lowest BCUT2D eigenvalue weighted by Gasteiger charge is -2.06. The third-order valence-electron chi connectivity index (χ3n) is 3.09. The van der Waals surface area contributed by atoms with Gasteiger partial charge in [0.25, 0.3) is 0 Å². The third kappa shape index (κ3) is 2.45. The van der Waals surface area contributed by atoms with Crippen molar-refractivity contribution in [2.45, 2.75) is 13.2 Å². The van der Waals surface area contributed by atoms with Crippen LogP contribution in [-0.4, -0.2) is 28.3 Å². The molecule has 0 radical (unpaired) electrons. The highest BCUT2D eigenvalue weighted by Gasteiger charge is 2.25. The molecular formula is C14H10ClN3O3. The third-order valence-corrected chi connectivity index (χ3v) is 3.30. The maximum atomic E-state index is 12.4. The molecule has 1 aromatic carbocycles. The summed E-state index contributed by atoms with van der Waals surface area (Å²) in [5.41, 5.74) is 2.13. The number of carbonyl (C=O) groups is 2. The number of ether oxygens (including phenoxy) is 1. The molecule has 0 fully saturated rings. The molecule has 1 aliphatic rings. The van der Waals surface area contributed by atoms with Crippen LogP contribution in [0.4, 0.5) is 5.69 Å². The zero-order chi connectivity index (χ0) is 15.0. The van der Waals surface area contributed by atoms with Gasteiger partial charge in [-0.25, -0.2) is 9.97 Å². The van der Waals surface area contributed by atoms with Crippen LogP contribution in [0, 0.1) is 6.92 Å². The predicted octanol–water partition coefficient (Wildman–Crippen LogP) is 2.00. The average molecular weight is 304 g/mol. The highest BCUT2D eigenvalue weighted by Crippen LogP contribution is 2.36. The zero-order valence-electron chi connectivity index (χ0n) is 11.0. The van der Waals surface area contributed by atoms with E-state index in [0.717, 1.165) is 5.56 Å². The Morgan fingerprint density at radius 2 is 2.19 bits per heavy atom. The number of benzene rings is 1. The molecule has 3 rings (SSSR count). The number of aryl methyl sites for hydroxylation is 1. The predicted molar refractivity (Wildman–Crippen MR) is 75.8 cm³/mol. The van der Waals surface area contributed by atoms with Crippen LogP contribution in [0.1, 0.15) is 21.6 Å². The molecule has 0 spiro atoms. The smallest absolute Gasteiger partial charge is 0.226 e. The minimum absolute atomic E-state index is 0.199. The first kappa shape index (κ1) is 13.5. The van der Waals surface area contributed by atoms with Gasteiger partial charge in [-0.15, -0.1) is 0 Å². The van der Waals surface area contributed by atoms with E-state index in [-0.39, 0.29) is 16.6 Å². The summed E-state index contributed by atoms with van der Waals surface area (Å²) in [6, 6.07) is 4.69. The molecule has 1 atom stereocenters. The number of aldehydes is 1. The number of nitrogens with zero attached hydrogens (tertiary/aromatic N) is 2. The van der Waals surface area contributed by atoms with E-state index < -0.39 is 6.23 Å². The molecule has 7 heteroatoms. The van der Waals surface area contributed by atoms with Crippen LogP contribution in [0.2, 0.25) is 5.15 Å². The Kier molecular flexibility index (Phi) is 3.31. The van der Waals surface area contributed by atoms with Gasteiger partial charge in [-0.2, -0.15) is 0 Å². The Labute approximate surface area is 125 Å². The number of aromatic nitrogens is 2. The fraction of sp³-hybridized carbons (Fsp3) is 0.143. The largest absolute Gasteiger partial charge is 0.461 e.